The largest absolute Gasteiger partial charge is 0.457 e. The number of ether oxygens (including phenoxy) is 1. The molecule has 3 nitrogen and oxygen atoms in total. The van der Waals surface area contributed by atoms with Crippen molar-refractivity contribution in [2.24, 2.45) is 5.41 Å². The second-order valence-electron chi connectivity index (χ2n) is 5.02. The van der Waals surface area contributed by atoms with Crippen LogP contribution in [-0.4, -0.2) is 19.1 Å². The minimum atomic E-state index is -0.316. The van der Waals surface area contributed by atoms with E-state index in [1.54, 1.807) is 0 Å². The fourth-order valence-corrected chi connectivity index (χ4v) is 2.44. The van der Waals surface area contributed by atoms with Gasteiger partial charge >= 0.3 is 5.97 Å². The van der Waals surface area contributed by atoms with Crippen LogP contribution in [0.25, 0.3) is 0 Å². The highest BCUT2D eigenvalue weighted by atomic mass is 16.5. The number of carbonyl (C=O) groups excluding carboxylic acids is 1. The van der Waals surface area contributed by atoms with Gasteiger partial charge in [-0.15, -0.1) is 0 Å². The molecule has 0 saturated carbocycles. The fraction of sp³-hybridized carbons (Fsp3) is 0.533. The molecule has 1 heterocycles. The highest BCUT2D eigenvalue weighted by Crippen LogP contribution is 2.33. The Morgan fingerprint density at radius 1 is 1.44 bits per heavy atom. The number of esters is 1. The molecule has 0 aromatic heterocycles. The summed E-state index contributed by atoms with van der Waals surface area (Å²) in [6, 6.07) is 9.87. The van der Waals surface area contributed by atoms with Gasteiger partial charge in [0.1, 0.15) is 6.10 Å². The van der Waals surface area contributed by atoms with Crippen LogP contribution in [0.3, 0.4) is 0 Å². The summed E-state index contributed by atoms with van der Waals surface area (Å²) in [6.45, 7) is 5.63. The zero-order valence-corrected chi connectivity index (χ0v) is 11.1. The van der Waals surface area contributed by atoms with Crippen LogP contribution in [0, 0.1) is 5.41 Å². The first kappa shape index (κ1) is 13.1. The average molecular weight is 247 g/mol. The Kier molecular flexibility index (Phi) is 4.02. The van der Waals surface area contributed by atoms with E-state index in [9.17, 15) is 4.79 Å². The van der Waals surface area contributed by atoms with Crippen LogP contribution in [0.5, 0.6) is 0 Å². The predicted molar refractivity (Wildman–Crippen MR) is 71.2 cm³/mol. The molecular formula is C15H21NO2. The van der Waals surface area contributed by atoms with E-state index in [1.165, 1.54) is 0 Å². The van der Waals surface area contributed by atoms with Crippen molar-refractivity contribution in [2.75, 3.05) is 13.1 Å². The van der Waals surface area contributed by atoms with Crippen molar-refractivity contribution in [2.45, 2.75) is 32.8 Å². The molecule has 1 aliphatic heterocycles. The van der Waals surface area contributed by atoms with Crippen molar-refractivity contribution in [3.8, 4) is 0 Å². The van der Waals surface area contributed by atoms with Gasteiger partial charge in [-0.1, -0.05) is 37.3 Å². The van der Waals surface area contributed by atoms with Gasteiger partial charge in [-0.2, -0.15) is 0 Å². The normalized spacial score (nSPS) is 24.8. The molecule has 98 valence electrons. The topological polar surface area (TPSA) is 38.3 Å². The molecule has 2 atom stereocenters. The Balaban J connectivity index is 2.03. The molecule has 1 aliphatic rings. The first-order valence-corrected chi connectivity index (χ1v) is 6.65. The SMILES string of the molecule is CCC1(C(=O)OC(C)c2ccccc2)CCNC1. The van der Waals surface area contributed by atoms with E-state index in [2.05, 4.69) is 12.2 Å². The Morgan fingerprint density at radius 2 is 2.17 bits per heavy atom. The third kappa shape index (κ3) is 2.56. The average Bonchev–Trinajstić information content (AvgIpc) is 2.89. The predicted octanol–water partition coefficient (Wildman–Crippen LogP) is 2.68. The van der Waals surface area contributed by atoms with Crippen LogP contribution >= 0.6 is 0 Å². The van der Waals surface area contributed by atoms with Crippen molar-refractivity contribution < 1.29 is 9.53 Å². The Morgan fingerprint density at radius 3 is 2.72 bits per heavy atom. The molecule has 0 aliphatic carbocycles. The van der Waals surface area contributed by atoms with E-state index in [4.69, 9.17) is 4.74 Å². The summed E-state index contributed by atoms with van der Waals surface area (Å²) < 4.78 is 5.64. The Labute approximate surface area is 109 Å². The smallest absolute Gasteiger partial charge is 0.314 e. The minimum absolute atomic E-state index is 0.0636. The van der Waals surface area contributed by atoms with E-state index >= 15 is 0 Å². The van der Waals surface area contributed by atoms with E-state index in [0.717, 1.165) is 31.5 Å². The molecule has 18 heavy (non-hydrogen) atoms. The molecule has 1 N–H and O–H groups in total. The number of hydrogen-bond donors (Lipinski definition) is 1. The van der Waals surface area contributed by atoms with Crippen LogP contribution in [0.15, 0.2) is 30.3 Å². The van der Waals surface area contributed by atoms with Crippen LogP contribution in [-0.2, 0) is 9.53 Å². The molecule has 1 aromatic carbocycles. The van der Waals surface area contributed by atoms with E-state index in [1.807, 2.05) is 37.3 Å². The van der Waals surface area contributed by atoms with Crippen LogP contribution in [0.4, 0.5) is 0 Å². The molecule has 3 heteroatoms. The molecule has 1 saturated heterocycles. The van der Waals surface area contributed by atoms with Gasteiger partial charge in [0, 0.05) is 6.54 Å². The second-order valence-corrected chi connectivity index (χ2v) is 5.02. The van der Waals surface area contributed by atoms with Gasteiger partial charge in [-0.3, -0.25) is 4.79 Å². The highest BCUT2D eigenvalue weighted by Gasteiger charge is 2.41. The van der Waals surface area contributed by atoms with Crippen LogP contribution < -0.4 is 5.32 Å². The van der Waals surface area contributed by atoms with Gasteiger partial charge in [0.15, 0.2) is 0 Å². The monoisotopic (exact) mass is 247 g/mol. The number of benzene rings is 1. The molecule has 1 aromatic rings. The zero-order chi connectivity index (χ0) is 13.0. The van der Waals surface area contributed by atoms with Gasteiger partial charge in [0.2, 0.25) is 0 Å². The fourth-order valence-electron chi connectivity index (χ4n) is 2.44. The second kappa shape index (κ2) is 5.53. The first-order chi connectivity index (χ1) is 8.68. The molecule has 1 fully saturated rings. The van der Waals surface area contributed by atoms with Gasteiger partial charge in [-0.05, 0) is 31.9 Å². The van der Waals surface area contributed by atoms with Crippen molar-refractivity contribution >= 4 is 5.97 Å². The van der Waals surface area contributed by atoms with Gasteiger partial charge in [0.25, 0.3) is 0 Å². The third-order valence-electron chi connectivity index (χ3n) is 3.91. The lowest BCUT2D eigenvalue weighted by atomic mass is 9.84. The van der Waals surface area contributed by atoms with Crippen molar-refractivity contribution in [3.05, 3.63) is 35.9 Å². The van der Waals surface area contributed by atoms with Gasteiger partial charge in [-0.25, -0.2) is 0 Å². The van der Waals surface area contributed by atoms with E-state index in [-0.39, 0.29) is 17.5 Å². The van der Waals surface area contributed by atoms with E-state index < -0.39 is 0 Å². The minimum Gasteiger partial charge on any atom is -0.457 e. The standard InChI is InChI=1S/C15H21NO2/c1-3-15(9-10-16-11-15)14(17)18-12(2)13-7-5-4-6-8-13/h4-8,12,16H,3,9-11H2,1-2H3. The maximum atomic E-state index is 12.3. The lowest BCUT2D eigenvalue weighted by Gasteiger charge is -2.26. The van der Waals surface area contributed by atoms with E-state index in [0.29, 0.717) is 0 Å². The molecule has 2 unspecified atom stereocenters. The lowest BCUT2D eigenvalue weighted by Crippen LogP contribution is -2.35. The summed E-state index contributed by atoms with van der Waals surface area (Å²) in [5, 5.41) is 3.26. The summed E-state index contributed by atoms with van der Waals surface area (Å²) in [6.07, 6.45) is 1.53. The number of carbonyl (C=O) groups is 1. The van der Waals surface area contributed by atoms with Gasteiger partial charge in [0.05, 0.1) is 5.41 Å². The Bertz CT molecular complexity index is 396. The molecule has 2 rings (SSSR count). The van der Waals surface area contributed by atoms with Crippen LogP contribution in [0.1, 0.15) is 38.4 Å². The third-order valence-corrected chi connectivity index (χ3v) is 3.91. The van der Waals surface area contributed by atoms with Crippen molar-refractivity contribution in [3.63, 3.8) is 0 Å². The maximum Gasteiger partial charge on any atom is 0.314 e. The zero-order valence-electron chi connectivity index (χ0n) is 11.1. The quantitative estimate of drug-likeness (QED) is 0.831. The van der Waals surface area contributed by atoms with Crippen LogP contribution in [0.2, 0.25) is 0 Å². The lowest BCUT2D eigenvalue weighted by molar-refractivity contribution is -0.160. The van der Waals surface area contributed by atoms with Crippen molar-refractivity contribution in [1.82, 2.24) is 5.32 Å². The van der Waals surface area contributed by atoms with Crippen molar-refractivity contribution in [1.29, 1.82) is 0 Å². The number of nitrogens with one attached hydrogen (secondary N) is 1. The maximum absolute atomic E-state index is 12.3. The summed E-state index contributed by atoms with van der Waals surface area (Å²) in [5.74, 6) is -0.0636. The van der Waals surface area contributed by atoms with Gasteiger partial charge < -0.3 is 10.1 Å². The highest BCUT2D eigenvalue weighted by molar-refractivity contribution is 5.77. The molecule has 0 radical (unpaired) electrons. The first-order valence-electron chi connectivity index (χ1n) is 6.65. The molecular weight excluding hydrogens is 226 g/mol. The number of rotatable bonds is 4. The summed E-state index contributed by atoms with van der Waals surface area (Å²) >= 11 is 0. The molecule has 0 amide bonds. The summed E-state index contributed by atoms with van der Waals surface area (Å²) in [5.41, 5.74) is 0.728. The molecule has 0 spiro atoms. The molecule has 0 bridgehead atoms. The summed E-state index contributed by atoms with van der Waals surface area (Å²) in [4.78, 5) is 12.3. The Hall–Kier alpha value is -1.35. The summed E-state index contributed by atoms with van der Waals surface area (Å²) in [7, 11) is 0. The number of hydrogen-bond acceptors (Lipinski definition) is 3.